The Morgan fingerprint density at radius 2 is 2.10 bits per heavy atom. The maximum atomic E-state index is 11.7. The van der Waals surface area contributed by atoms with E-state index in [9.17, 15) is 4.79 Å². The number of rotatable bonds is 5. The van der Waals surface area contributed by atoms with Crippen LogP contribution in [0.4, 0.5) is 4.79 Å². The number of aromatic nitrogens is 1. The smallest absolute Gasteiger partial charge is 0.315 e. The van der Waals surface area contributed by atoms with Gasteiger partial charge >= 0.3 is 6.03 Å². The molecule has 1 heterocycles. The van der Waals surface area contributed by atoms with Gasteiger partial charge in [0.25, 0.3) is 0 Å². The van der Waals surface area contributed by atoms with Crippen LogP contribution in [-0.2, 0) is 6.54 Å². The van der Waals surface area contributed by atoms with Gasteiger partial charge in [0.1, 0.15) is 0 Å². The normalized spacial score (nSPS) is 11.9. The summed E-state index contributed by atoms with van der Waals surface area (Å²) in [5, 5.41) is 9.31. The average Bonchev–Trinajstić information content (AvgIpc) is 2.98. The zero-order valence-electron chi connectivity index (χ0n) is 11.1. The lowest BCUT2D eigenvalue weighted by molar-refractivity contribution is 0.240. The van der Waals surface area contributed by atoms with Crippen LogP contribution in [0.1, 0.15) is 23.4 Å². The van der Waals surface area contributed by atoms with Gasteiger partial charge in [-0.05, 0) is 17.7 Å². The van der Waals surface area contributed by atoms with Crippen molar-refractivity contribution in [1.29, 1.82) is 0 Å². The fraction of sp³-hybridized carbons (Fsp3) is 0.286. The molecule has 6 heteroatoms. The Kier molecular flexibility index (Phi) is 5.38. The molecule has 0 saturated heterocycles. The largest absolute Gasteiger partial charge is 0.337 e. The Morgan fingerprint density at radius 3 is 2.75 bits per heavy atom. The van der Waals surface area contributed by atoms with Crippen molar-refractivity contribution in [2.45, 2.75) is 19.4 Å². The molecule has 0 spiro atoms. The van der Waals surface area contributed by atoms with Gasteiger partial charge in [0, 0.05) is 35.6 Å². The van der Waals surface area contributed by atoms with Gasteiger partial charge in [0.2, 0.25) is 0 Å². The lowest BCUT2D eigenvalue weighted by atomic mass is 10.2. The summed E-state index contributed by atoms with van der Waals surface area (Å²) < 4.78 is 0. The van der Waals surface area contributed by atoms with Gasteiger partial charge < -0.3 is 10.6 Å². The van der Waals surface area contributed by atoms with E-state index in [0.717, 1.165) is 10.6 Å². The Bertz CT molecular complexity index is 542. The molecule has 1 aromatic heterocycles. The van der Waals surface area contributed by atoms with E-state index in [0.29, 0.717) is 18.1 Å². The van der Waals surface area contributed by atoms with E-state index in [-0.39, 0.29) is 11.9 Å². The number of halogens is 1. The van der Waals surface area contributed by atoms with Gasteiger partial charge in [-0.2, -0.15) is 0 Å². The first-order chi connectivity index (χ1) is 9.65. The van der Waals surface area contributed by atoms with Gasteiger partial charge in [-0.1, -0.05) is 30.7 Å². The predicted molar refractivity (Wildman–Crippen MR) is 82.2 cm³/mol. The Hall–Kier alpha value is -1.59. The highest BCUT2D eigenvalue weighted by Gasteiger charge is 2.09. The minimum absolute atomic E-state index is 0.177. The van der Waals surface area contributed by atoms with Crippen LogP contribution in [0.2, 0.25) is 5.02 Å². The number of hydrogen-bond acceptors (Lipinski definition) is 3. The first kappa shape index (κ1) is 14.8. The van der Waals surface area contributed by atoms with Crippen LogP contribution < -0.4 is 10.6 Å². The van der Waals surface area contributed by atoms with Crippen molar-refractivity contribution in [2.24, 2.45) is 0 Å². The van der Waals surface area contributed by atoms with E-state index in [2.05, 4.69) is 15.6 Å². The third-order valence-corrected chi connectivity index (χ3v) is 4.07. The summed E-state index contributed by atoms with van der Waals surface area (Å²) in [6.45, 7) is 3.09. The van der Waals surface area contributed by atoms with Crippen LogP contribution >= 0.6 is 22.9 Å². The van der Waals surface area contributed by atoms with E-state index < -0.39 is 0 Å². The monoisotopic (exact) mass is 309 g/mol. The highest BCUT2D eigenvalue weighted by atomic mass is 35.5. The number of benzene rings is 1. The maximum absolute atomic E-state index is 11.7. The molecule has 0 saturated carbocycles. The summed E-state index contributed by atoms with van der Waals surface area (Å²) in [7, 11) is 0. The number of nitrogens with zero attached hydrogens (tertiary/aromatic N) is 1. The van der Waals surface area contributed by atoms with Crippen molar-refractivity contribution in [3.05, 3.63) is 51.4 Å². The molecule has 20 heavy (non-hydrogen) atoms. The topological polar surface area (TPSA) is 54.0 Å². The summed E-state index contributed by atoms with van der Waals surface area (Å²) in [5.74, 6) is 0.219. The molecule has 1 atom stereocenters. The molecule has 4 nitrogen and oxygen atoms in total. The van der Waals surface area contributed by atoms with Crippen molar-refractivity contribution in [3.8, 4) is 0 Å². The van der Waals surface area contributed by atoms with E-state index >= 15 is 0 Å². The number of carbonyl (C=O) groups is 1. The lowest BCUT2D eigenvalue weighted by Gasteiger charge is -2.11. The molecule has 0 radical (unpaired) electrons. The molecule has 0 fully saturated rings. The zero-order valence-corrected chi connectivity index (χ0v) is 12.7. The minimum atomic E-state index is -0.177. The van der Waals surface area contributed by atoms with E-state index in [1.165, 1.54) is 0 Å². The van der Waals surface area contributed by atoms with Crippen molar-refractivity contribution in [3.63, 3.8) is 0 Å². The SMILES string of the molecule is C[C@H](CNC(=O)NCc1ccc(Cl)cc1)c1nccs1. The number of hydrogen-bond donors (Lipinski definition) is 2. The summed E-state index contributed by atoms with van der Waals surface area (Å²) in [6, 6.07) is 7.22. The van der Waals surface area contributed by atoms with Gasteiger partial charge in [0.05, 0.1) is 5.01 Å². The van der Waals surface area contributed by atoms with Crippen LogP contribution in [0.5, 0.6) is 0 Å². The van der Waals surface area contributed by atoms with Gasteiger partial charge in [-0.3, -0.25) is 0 Å². The van der Waals surface area contributed by atoms with Crippen LogP contribution in [0, 0.1) is 0 Å². The highest BCUT2D eigenvalue weighted by molar-refractivity contribution is 7.09. The number of carbonyl (C=O) groups excluding carboxylic acids is 1. The number of thiazole rings is 1. The molecule has 2 aromatic rings. The fourth-order valence-electron chi connectivity index (χ4n) is 1.66. The molecule has 0 unspecified atom stereocenters. The van der Waals surface area contributed by atoms with E-state index in [4.69, 9.17) is 11.6 Å². The summed E-state index contributed by atoms with van der Waals surface area (Å²) in [6.07, 6.45) is 1.77. The third kappa shape index (κ3) is 4.51. The average molecular weight is 310 g/mol. The second kappa shape index (κ2) is 7.26. The summed E-state index contributed by atoms with van der Waals surface area (Å²) in [5.41, 5.74) is 1.01. The molecule has 106 valence electrons. The van der Waals surface area contributed by atoms with Gasteiger partial charge in [-0.25, -0.2) is 9.78 Å². The van der Waals surface area contributed by atoms with Gasteiger partial charge in [0.15, 0.2) is 0 Å². The Morgan fingerprint density at radius 1 is 1.35 bits per heavy atom. The van der Waals surface area contributed by atoms with Gasteiger partial charge in [-0.15, -0.1) is 11.3 Å². The Balaban J connectivity index is 1.71. The quantitative estimate of drug-likeness (QED) is 0.889. The van der Waals surface area contributed by atoms with Crippen molar-refractivity contribution in [2.75, 3.05) is 6.54 Å². The highest BCUT2D eigenvalue weighted by Crippen LogP contribution is 2.16. The van der Waals surface area contributed by atoms with Crippen LogP contribution in [0.25, 0.3) is 0 Å². The first-order valence-corrected chi connectivity index (χ1v) is 7.56. The standard InChI is InChI=1S/C14H16ClN3OS/c1-10(13-16-6-7-20-13)8-17-14(19)18-9-11-2-4-12(15)5-3-11/h2-7,10H,8-9H2,1H3,(H2,17,18,19)/t10-/m1/s1. The molecule has 0 aliphatic carbocycles. The first-order valence-electron chi connectivity index (χ1n) is 6.30. The lowest BCUT2D eigenvalue weighted by Crippen LogP contribution is -2.37. The second-order valence-electron chi connectivity index (χ2n) is 4.46. The second-order valence-corrected chi connectivity index (χ2v) is 5.82. The molecule has 0 bridgehead atoms. The zero-order chi connectivity index (χ0) is 14.4. The van der Waals surface area contributed by atoms with E-state index in [1.807, 2.05) is 24.4 Å². The molecule has 2 N–H and O–H groups in total. The molecule has 2 amide bonds. The molecule has 1 aromatic carbocycles. The van der Waals surface area contributed by atoms with Crippen LogP contribution in [0.15, 0.2) is 35.8 Å². The maximum Gasteiger partial charge on any atom is 0.315 e. The summed E-state index contributed by atoms with van der Waals surface area (Å²) in [4.78, 5) is 15.9. The predicted octanol–water partition coefficient (Wildman–Crippen LogP) is 3.40. The number of nitrogens with one attached hydrogen (secondary N) is 2. The molecule has 2 rings (SSSR count). The van der Waals surface area contributed by atoms with E-state index in [1.54, 1.807) is 29.7 Å². The van der Waals surface area contributed by atoms with Crippen molar-refractivity contribution >= 4 is 29.0 Å². The van der Waals surface area contributed by atoms with Crippen LogP contribution in [-0.4, -0.2) is 17.6 Å². The number of urea groups is 1. The molecule has 0 aliphatic rings. The summed E-state index contributed by atoms with van der Waals surface area (Å²) >= 11 is 7.40. The van der Waals surface area contributed by atoms with Crippen molar-refractivity contribution in [1.82, 2.24) is 15.6 Å². The fourth-order valence-corrected chi connectivity index (χ4v) is 2.48. The Labute approximate surface area is 127 Å². The minimum Gasteiger partial charge on any atom is -0.337 e. The third-order valence-electron chi connectivity index (χ3n) is 2.81. The van der Waals surface area contributed by atoms with Crippen molar-refractivity contribution < 1.29 is 4.79 Å². The number of amides is 2. The molecular weight excluding hydrogens is 294 g/mol. The molecule has 0 aliphatic heterocycles. The van der Waals surface area contributed by atoms with Crippen LogP contribution in [0.3, 0.4) is 0 Å². The molecular formula is C14H16ClN3OS.